The third-order valence-electron chi connectivity index (χ3n) is 3.01. The molecule has 7 heteroatoms. The first kappa shape index (κ1) is 16.1. The van der Waals surface area contributed by atoms with Crippen LogP contribution in [0.15, 0.2) is 22.7 Å². The van der Waals surface area contributed by atoms with Crippen LogP contribution in [0.4, 0.5) is 0 Å². The fourth-order valence-corrected chi connectivity index (χ4v) is 2.16. The van der Waals surface area contributed by atoms with Crippen molar-refractivity contribution in [3.8, 4) is 5.75 Å². The largest absolute Gasteiger partial charge is 0.479 e. The van der Waals surface area contributed by atoms with Gasteiger partial charge in [0.1, 0.15) is 5.75 Å². The fraction of sp³-hybridized carbons (Fsp3) is 0.429. The molecule has 0 aliphatic rings. The number of nitrogens with one attached hydrogen (secondary N) is 1. The molecule has 114 valence electrons. The first-order chi connectivity index (χ1) is 9.99. The van der Waals surface area contributed by atoms with Gasteiger partial charge in [0.25, 0.3) is 5.89 Å². The molecule has 0 aliphatic carbocycles. The molecule has 2 aromatic rings. The number of likely N-dealkylation sites (N-methyl/N-ethyl adjacent to an activating group) is 1. The summed E-state index contributed by atoms with van der Waals surface area (Å²) in [5.41, 5.74) is 0. The zero-order valence-corrected chi connectivity index (χ0v) is 13.6. The lowest BCUT2D eigenvalue weighted by molar-refractivity contribution is 0.176. The van der Waals surface area contributed by atoms with Gasteiger partial charge in [0, 0.05) is 17.5 Å². The van der Waals surface area contributed by atoms with Crippen LogP contribution in [0.2, 0.25) is 10.0 Å². The van der Waals surface area contributed by atoms with E-state index < -0.39 is 6.10 Å². The molecule has 0 radical (unpaired) electrons. The van der Waals surface area contributed by atoms with Gasteiger partial charge in [-0.15, -0.1) is 0 Å². The van der Waals surface area contributed by atoms with Gasteiger partial charge in [-0.3, -0.25) is 0 Å². The second-order valence-electron chi connectivity index (χ2n) is 4.78. The number of ether oxygens (including phenoxy) is 1. The molecule has 21 heavy (non-hydrogen) atoms. The van der Waals surface area contributed by atoms with Crippen molar-refractivity contribution >= 4 is 23.2 Å². The summed E-state index contributed by atoms with van der Waals surface area (Å²) in [6, 6.07) is 5.32. The number of hydrogen-bond acceptors (Lipinski definition) is 5. The zero-order chi connectivity index (χ0) is 15.4. The van der Waals surface area contributed by atoms with Crippen molar-refractivity contribution in [1.29, 1.82) is 0 Å². The minimum absolute atomic E-state index is 0.275. The zero-order valence-electron chi connectivity index (χ0n) is 12.1. The average Bonchev–Trinajstić information content (AvgIpc) is 2.90. The molecule has 0 amide bonds. The highest BCUT2D eigenvalue weighted by molar-refractivity contribution is 6.35. The van der Waals surface area contributed by atoms with Crippen LogP contribution < -0.4 is 10.1 Å². The van der Waals surface area contributed by atoms with Crippen molar-refractivity contribution in [1.82, 2.24) is 15.5 Å². The van der Waals surface area contributed by atoms with E-state index >= 15 is 0 Å². The van der Waals surface area contributed by atoms with Crippen LogP contribution in [0.5, 0.6) is 5.75 Å². The van der Waals surface area contributed by atoms with Gasteiger partial charge in [-0.2, -0.15) is 4.98 Å². The normalized spacial score (nSPS) is 14.0. The van der Waals surface area contributed by atoms with E-state index in [1.807, 2.05) is 20.9 Å². The number of nitrogens with zero attached hydrogens (tertiary/aromatic N) is 2. The van der Waals surface area contributed by atoms with Gasteiger partial charge in [-0.05, 0) is 39.1 Å². The van der Waals surface area contributed by atoms with E-state index in [9.17, 15) is 0 Å². The highest BCUT2D eigenvalue weighted by atomic mass is 35.5. The summed E-state index contributed by atoms with van der Waals surface area (Å²) in [6.07, 6.45) is 0.295. The molecular weight excluding hydrogens is 313 g/mol. The Morgan fingerprint density at radius 1 is 1.33 bits per heavy atom. The summed E-state index contributed by atoms with van der Waals surface area (Å²) < 4.78 is 11.0. The van der Waals surface area contributed by atoms with E-state index in [-0.39, 0.29) is 6.04 Å². The average molecular weight is 330 g/mol. The molecule has 0 fully saturated rings. The van der Waals surface area contributed by atoms with E-state index in [2.05, 4.69) is 15.5 Å². The molecule has 0 saturated heterocycles. The van der Waals surface area contributed by atoms with Crippen LogP contribution in [-0.2, 0) is 6.42 Å². The third-order valence-corrected chi connectivity index (χ3v) is 3.54. The Kier molecular flexibility index (Phi) is 5.45. The lowest BCUT2D eigenvalue weighted by Crippen LogP contribution is -2.24. The maximum absolute atomic E-state index is 6.07. The molecule has 1 heterocycles. The molecule has 2 unspecified atom stereocenters. The van der Waals surface area contributed by atoms with Crippen LogP contribution in [0.3, 0.4) is 0 Å². The minimum Gasteiger partial charge on any atom is -0.479 e. The predicted molar refractivity (Wildman–Crippen MR) is 82.0 cm³/mol. The van der Waals surface area contributed by atoms with Gasteiger partial charge in [0.15, 0.2) is 11.9 Å². The standard InChI is InChI=1S/C14H17Cl2N3O2/c1-8(17-3)6-13-18-14(21-19-13)9(2)20-12-5-4-10(15)7-11(12)16/h4-5,7-9,17H,6H2,1-3H3. The Balaban J connectivity index is 2.04. The Hall–Kier alpha value is -1.30. The van der Waals surface area contributed by atoms with Gasteiger partial charge < -0.3 is 14.6 Å². The topological polar surface area (TPSA) is 60.2 Å². The first-order valence-corrected chi connectivity index (χ1v) is 7.36. The van der Waals surface area contributed by atoms with Crippen molar-refractivity contribution in [3.63, 3.8) is 0 Å². The molecule has 0 spiro atoms. The fourth-order valence-electron chi connectivity index (χ4n) is 1.70. The molecule has 1 aromatic heterocycles. The number of hydrogen-bond donors (Lipinski definition) is 1. The Labute approximate surface area is 133 Å². The molecule has 2 rings (SSSR count). The van der Waals surface area contributed by atoms with Crippen molar-refractivity contribution in [3.05, 3.63) is 40.0 Å². The van der Waals surface area contributed by atoms with Crippen molar-refractivity contribution in [2.24, 2.45) is 0 Å². The van der Waals surface area contributed by atoms with Gasteiger partial charge in [0.2, 0.25) is 0 Å². The van der Waals surface area contributed by atoms with Crippen LogP contribution in [0, 0.1) is 0 Å². The Morgan fingerprint density at radius 3 is 2.76 bits per heavy atom. The highest BCUT2D eigenvalue weighted by Gasteiger charge is 2.18. The van der Waals surface area contributed by atoms with Gasteiger partial charge in [-0.1, -0.05) is 28.4 Å². The van der Waals surface area contributed by atoms with E-state index in [0.29, 0.717) is 33.9 Å². The summed E-state index contributed by atoms with van der Waals surface area (Å²) in [5.74, 6) is 1.58. The molecular formula is C14H17Cl2N3O2. The third kappa shape index (κ3) is 4.33. The van der Waals surface area contributed by atoms with Crippen molar-refractivity contribution in [2.75, 3.05) is 7.05 Å². The lowest BCUT2D eigenvalue weighted by Gasteiger charge is -2.12. The second kappa shape index (κ2) is 7.11. The van der Waals surface area contributed by atoms with E-state index in [1.165, 1.54) is 0 Å². The Morgan fingerprint density at radius 2 is 2.10 bits per heavy atom. The van der Waals surface area contributed by atoms with Crippen LogP contribution >= 0.6 is 23.2 Å². The smallest absolute Gasteiger partial charge is 0.267 e. The summed E-state index contributed by atoms with van der Waals surface area (Å²) in [7, 11) is 1.89. The molecule has 0 saturated carbocycles. The SMILES string of the molecule is CNC(C)Cc1noc(C(C)Oc2ccc(Cl)cc2Cl)n1. The van der Waals surface area contributed by atoms with E-state index in [4.69, 9.17) is 32.5 Å². The van der Waals surface area contributed by atoms with Crippen molar-refractivity contribution < 1.29 is 9.26 Å². The molecule has 2 atom stereocenters. The second-order valence-corrected chi connectivity index (χ2v) is 5.62. The van der Waals surface area contributed by atoms with Crippen LogP contribution in [0.1, 0.15) is 31.7 Å². The monoisotopic (exact) mass is 329 g/mol. The van der Waals surface area contributed by atoms with E-state index in [1.54, 1.807) is 18.2 Å². The summed E-state index contributed by atoms with van der Waals surface area (Å²) in [6.45, 7) is 3.87. The van der Waals surface area contributed by atoms with Gasteiger partial charge >= 0.3 is 0 Å². The first-order valence-electron chi connectivity index (χ1n) is 6.61. The maximum Gasteiger partial charge on any atom is 0.267 e. The van der Waals surface area contributed by atoms with Crippen molar-refractivity contribution in [2.45, 2.75) is 32.4 Å². The van der Waals surface area contributed by atoms with Gasteiger partial charge in [0.05, 0.1) is 5.02 Å². The number of halogens is 2. The molecule has 1 aromatic carbocycles. The number of aromatic nitrogens is 2. The van der Waals surface area contributed by atoms with Gasteiger partial charge in [-0.25, -0.2) is 0 Å². The van der Waals surface area contributed by atoms with Crippen LogP contribution in [-0.4, -0.2) is 23.2 Å². The lowest BCUT2D eigenvalue weighted by atomic mass is 10.2. The molecule has 1 N–H and O–H groups in total. The maximum atomic E-state index is 6.07. The molecule has 0 bridgehead atoms. The number of benzene rings is 1. The Bertz CT molecular complexity index is 604. The summed E-state index contributed by atoms with van der Waals surface area (Å²) in [4.78, 5) is 4.33. The highest BCUT2D eigenvalue weighted by Crippen LogP contribution is 2.30. The summed E-state index contributed by atoms with van der Waals surface area (Å²) in [5, 5.41) is 8.06. The molecule has 5 nitrogen and oxygen atoms in total. The summed E-state index contributed by atoms with van der Waals surface area (Å²) >= 11 is 11.9. The predicted octanol–water partition coefficient (Wildman–Crippen LogP) is 3.67. The molecule has 0 aliphatic heterocycles. The quantitative estimate of drug-likeness (QED) is 0.876. The number of rotatable bonds is 6. The van der Waals surface area contributed by atoms with Crippen LogP contribution in [0.25, 0.3) is 0 Å². The van der Waals surface area contributed by atoms with E-state index in [0.717, 1.165) is 0 Å². The minimum atomic E-state index is -0.394.